The van der Waals surface area contributed by atoms with Crippen LogP contribution in [0.25, 0.3) is 0 Å². The van der Waals surface area contributed by atoms with E-state index in [1.54, 1.807) is 50.4 Å². The molecule has 0 saturated heterocycles. The zero-order valence-electron chi connectivity index (χ0n) is 23.3. The number of nitrogens with one attached hydrogen (secondary N) is 1. The summed E-state index contributed by atoms with van der Waals surface area (Å²) in [4.78, 5) is 28.1. The van der Waals surface area contributed by atoms with E-state index in [0.717, 1.165) is 28.8 Å². The molecule has 3 aromatic carbocycles. The van der Waals surface area contributed by atoms with Crippen LogP contribution in [0.5, 0.6) is 5.75 Å². The Balaban J connectivity index is 2.00. The van der Waals surface area contributed by atoms with Crippen LogP contribution in [0.3, 0.4) is 0 Å². The highest BCUT2D eigenvalue weighted by molar-refractivity contribution is 7.92. The van der Waals surface area contributed by atoms with Gasteiger partial charge in [0, 0.05) is 13.1 Å². The van der Waals surface area contributed by atoms with E-state index < -0.39 is 34.3 Å². The molecule has 0 aliphatic heterocycles. The van der Waals surface area contributed by atoms with Crippen molar-refractivity contribution in [3.05, 3.63) is 89.7 Å². The summed E-state index contributed by atoms with van der Waals surface area (Å²) in [6.07, 6.45) is 1.67. The zero-order chi connectivity index (χ0) is 29.3. The van der Waals surface area contributed by atoms with E-state index in [4.69, 9.17) is 4.74 Å². The van der Waals surface area contributed by atoms with Crippen molar-refractivity contribution >= 4 is 27.5 Å². The average molecular weight is 570 g/mol. The standard InChI is InChI=1S/C30H36FN3O5S/c1-5-6-19-32-30(36)23(3)33(20-24-13-15-25(39-4)16-14-24)29(35)21-34(28-10-8-7-9-27(28)31)40(37,38)26-17-11-22(2)12-18-26/h7-18,23H,5-6,19-21H2,1-4H3,(H,32,36)/t23-/m0/s1. The topological polar surface area (TPSA) is 96.0 Å². The van der Waals surface area contributed by atoms with Crippen molar-refractivity contribution in [1.29, 1.82) is 0 Å². The summed E-state index contributed by atoms with van der Waals surface area (Å²) < 4.78 is 48.5. The van der Waals surface area contributed by atoms with Crippen molar-refractivity contribution in [1.82, 2.24) is 10.2 Å². The van der Waals surface area contributed by atoms with Gasteiger partial charge in [-0.1, -0.05) is 55.3 Å². The minimum absolute atomic E-state index is 0.0287. The summed E-state index contributed by atoms with van der Waals surface area (Å²) in [6.45, 7) is 5.18. The Morgan fingerprint density at radius 3 is 2.25 bits per heavy atom. The summed E-state index contributed by atoms with van der Waals surface area (Å²) in [5.41, 5.74) is 1.29. The minimum atomic E-state index is -4.34. The van der Waals surface area contributed by atoms with Crippen LogP contribution in [-0.2, 0) is 26.2 Å². The third-order valence-electron chi connectivity index (χ3n) is 6.52. The molecule has 8 nitrogen and oxygen atoms in total. The summed E-state index contributed by atoms with van der Waals surface area (Å²) >= 11 is 0. The number of hydrogen-bond donors (Lipinski definition) is 1. The van der Waals surface area contributed by atoms with E-state index in [2.05, 4.69) is 5.32 Å². The fraction of sp³-hybridized carbons (Fsp3) is 0.333. The second-order valence-corrected chi connectivity index (χ2v) is 11.3. The number of sulfonamides is 1. The number of carbonyl (C=O) groups is 2. The summed E-state index contributed by atoms with van der Waals surface area (Å²) in [5, 5.41) is 2.83. The fourth-order valence-electron chi connectivity index (χ4n) is 4.05. The lowest BCUT2D eigenvalue weighted by Crippen LogP contribution is -2.51. The number of hydrogen-bond acceptors (Lipinski definition) is 5. The molecule has 0 spiro atoms. The van der Waals surface area contributed by atoms with Crippen LogP contribution < -0.4 is 14.4 Å². The van der Waals surface area contributed by atoms with Crippen molar-refractivity contribution in [3.8, 4) is 5.75 Å². The van der Waals surface area contributed by atoms with E-state index in [1.165, 1.54) is 35.2 Å². The van der Waals surface area contributed by atoms with Gasteiger partial charge in [-0.05, 0) is 62.2 Å². The van der Waals surface area contributed by atoms with E-state index in [-0.39, 0.29) is 23.0 Å². The van der Waals surface area contributed by atoms with Crippen molar-refractivity contribution in [2.75, 3.05) is 24.5 Å². The number of para-hydroxylation sites is 1. The van der Waals surface area contributed by atoms with Gasteiger partial charge in [-0.3, -0.25) is 13.9 Å². The molecule has 214 valence electrons. The Kier molecular flexibility index (Phi) is 10.7. The van der Waals surface area contributed by atoms with E-state index in [1.807, 2.05) is 13.8 Å². The zero-order valence-corrected chi connectivity index (χ0v) is 24.1. The Hall–Kier alpha value is -3.92. The summed E-state index contributed by atoms with van der Waals surface area (Å²) in [6, 6.07) is 17.6. The van der Waals surface area contributed by atoms with E-state index in [9.17, 15) is 22.4 Å². The molecule has 40 heavy (non-hydrogen) atoms. The van der Waals surface area contributed by atoms with Gasteiger partial charge in [0.15, 0.2) is 0 Å². The number of methoxy groups -OCH3 is 1. The second-order valence-electron chi connectivity index (χ2n) is 9.47. The highest BCUT2D eigenvalue weighted by atomic mass is 32.2. The molecule has 2 amide bonds. The normalized spacial score (nSPS) is 11.9. The highest BCUT2D eigenvalue weighted by Crippen LogP contribution is 2.27. The molecule has 0 fully saturated rings. The molecule has 3 aromatic rings. The van der Waals surface area contributed by atoms with Crippen molar-refractivity contribution in [2.24, 2.45) is 0 Å². The molecule has 0 saturated carbocycles. The van der Waals surface area contributed by atoms with Crippen LogP contribution in [-0.4, -0.2) is 51.4 Å². The van der Waals surface area contributed by atoms with Gasteiger partial charge in [0.2, 0.25) is 11.8 Å². The summed E-state index contributed by atoms with van der Waals surface area (Å²) in [7, 11) is -2.80. The van der Waals surface area contributed by atoms with E-state index >= 15 is 0 Å². The van der Waals surface area contributed by atoms with Crippen molar-refractivity contribution < 1.29 is 27.1 Å². The monoisotopic (exact) mass is 569 g/mol. The molecular formula is C30H36FN3O5S. The Morgan fingerprint density at radius 2 is 1.65 bits per heavy atom. The van der Waals surface area contributed by atoms with Crippen LogP contribution >= 0.6 is 0 Å². The highest BCUT2D eigenvalue weighted by Gasteiger charge is 2.33. The molecular weight excluding hydrogens is 533 g/mol. The van der Waals surface area contributed by atoms with Crippen LogP contribution in [0.15, 0.2) is 77.7 Å². The summed E-state index contributed by atoms with van der Waals surface area (Å²) in [5.74, 6) is -1.19. The number of aryl methyl sites for hydroxylation is 1. The van der Waals surface area contributed by atoms with E-state index in [0.29, 0.717) is 17.9 Å². The molecule has 1 N–H and O–H groups in total. The molecule has 0 bridgehead atoms. The third kappa shape index (κ3) is 7.59. The number of unbranched alkanes of at least 4 members (excludes halogenated alkanes) is 1. The largest absolute Gasteiger partial charge is 0.497 e. The van der Waals surface area contributed by atoms with Crippen molar-refractivity contribution in [2.45, 2.75) is 51.1 Å². The van der Waals surface area contributed by atoms with Gasteiger partial charge in [-0.15, -0.1) is 0 Å². The smallest absolute Gasteiger partial charge is 0.264 e. The molecule has 0 aromatic heterocycles. The third-order valence-corrected chi connectivity index (χ3v) is 8.29. The number of carbonyl (C=O) groups excluding carboxylic acids is 2. The first-order valence-electron chi connectivity index (χ1n) is 13.1. The van der Waals surface area contributed by atoms with Gasteiger partial charge in [0.1, 0.15) is 24.2 Å². The van der Waals surface area contributed by atoms with Gasteiger partial charge in [0.25, 0.3) is 10.0 Å². The predicted octanol–water partition coefficient (Wildman–Crippen LogP) is 4.67. The number of benzene rings is 3. The molecule has 0 unspecified atom stereocenters. The van der Waals surface area contributed by atoms with Crippen LogP contribution in [0, 0.1) is 12.7 Å². The Bertz CT molecular complexity index is 1400. The molecule has 0 aliphatic carbocycles. The SMILES string of the molecule is CCCCNC(=O)[C@H](C)N(Cc1ccc(OC)cc1)C(=O)CN(c1ccccc1F)S(=O)(=O)c1ccc(C)cc1. The van der Waals surface area contributed by atoms with Gasteiger partial charge < -0.3 is 15.0 Å². The molecule has 10 heteroatoms. The molecule has 0 heterocycles. The van der Waals surface area contributed by atoms with Gasteiger partial charge in [-0.2, -0.15) is 0 Å². The molecule has 1 atom stereocenters. The average Bonchev–Trinajstić information content (AvgIpc) is 2.95. The van der Waals surface area contributed by atoms with Crippen LogP contribution in [0.2, 0.25) is 0 Å². The molecule has 0 aliphatic rings. The first kappa shape index (κ1) is 30.6. The lowest BCUT2D eigenvalue weighted by molar-refractivity contribution is -0.139. The Labute approximate surface area is 235 Å². The quantitative estimate of drug-likeness (QED) is 0.302. The van der Waals surface area contributed by atoms with Gasteiger partial charge in [-0.25, -0.2) is 12.8 Å². The lowest BCUT2D eigenvalue weighted by atomic mass is 10.1. The van der Waals surface area contributed by atoms with Crippen LogP contribution in [0.4, 0.5) is 10.1 Å². The number of amides is 2. The van der Waals surface area contributed by atoms with Gasteiger partial charge >= 0.3 is 0 Å². The second kappa shape index (κ2) is 13.9. The maximum Gasteiger partial charge on any atom is 0.264 e. The number of ether oxygens (including phenoxy) is 1. The first-order valence-corrected chi connectivity index (χ1v) is 14.6. The maximum absolute atomic E-state index is 15.0. The molecule has 3 rings (SSSR count). The number of nitrogens with zero attached hydrogens (tertiary/aromatic N) is 2. The molecule has 0 radical (unpaired) electrons. The number of rotatable bonds is 13. The maximum atomic E-state index is 15.0. The lowest BCUT2D eigenvalue weighted by Gasteiger charge is -2.32. The number of anilines is 1. The predicted molar refractivity (Wildman–Crippen MR) is 153 cm³/mol. The number of halogens is 1. The Morgan fingerprint density at radius 1 is 1.00 bits per heavy atom. The van der Waals surface area contributed by atoms with Crippen LogP contribution in [0.1, 0.15) is 37.8 Å². The first-order chi connectivity index (χ1) is 19.1. The van der Waals surface area contributed by atoms with Gasteiger partial charge in [0.05, 0.1) is 17.7 Å². The fourth-order valence-corrected chi connectivity index (χ4v) is 5.47. The minimum Gasteiger partial charge on any atom is -0.497 e. The van der Waals surface area contributed by atoms with Crippen molar-refractivity contribution in [3.63, 3.8) is 0 Å².